The van der Waals surface area contributed by atoms with Crippen LogP contribution in [0.15, 0.2) is 66.7 Å². The van der Waals surface area contributed by atoms with Crippen molar-refractivity contribution >= 4 is 16.7 Å². The van der Waals surface area contributed by atoms with Gasteiger partial charge in [0.25, 0.3) is 0 Å². The summed E-state index contributed by atoms with van der Waals surface area (Å²) >= 11 is 0. The van der Waals surface area contributed by atoms with Gasteiger partial charge in [-0.2, -0.15) is 0 Å². The van der Waals surface area contributed by atoms with E-state index in [1.165, 1.54) is 0 Å². The van der Waals surface area contributed by atoms with Crippen molar-refractivity contribution in [2.75, 3.05) is 0 Å². The van der Waals surface area contributed by atoms with Crippen molar-refractivity contribution in [3.63, 3.8) is 0 Å². The largest absolute Gasteiger partial charge is 0.385 e. The normalized spacial score (nSPS) is 12.2. The molecule has 3 heteroatoms. The fourth-order valence-corrected chi connectivity index (χ4v) is 2.31. The van der Waals surface area contributed by atoms with E-state index in [1.807, 2.05) is 42.5 Å². The Morgan fingerprint density at radius 1 is 0.952 bits per heavy atom. The van der Waals surface area contributed by atoms with E-state index in [4.69, 9.17) is 0 Å². The molecule has 1 heterocycles. The summed E-state index contributed by atoms with van der Waals surface area (Å²) < 4.78 is 0. The first-order valence-corrected chi connectivity index (χ1v) is 6.86. The second-order valence-corrected chi connectivity index (χ2v) is 4.95. The van der Waals surface area contributed by atoms with E-state index in [-0.39, 0.29) is 12.2 Å². The van der Waals surface area contributed by atoms with Crippen LogP contribution in [0.2, 0.25) is 0 Å². The van der Waals surface area contributed by atoms with Gasteiger partial charge in [0.1, 0.15) is 6.10 Å². The Hall–Kier alpha value is -2.52. The van der Waals surface area contributed by atoms with E-state index >= 15 is 0 Å². The molecule has 2 aromatic carbocycles. The maximum atomic E-state index is 12.1. The number of aliphatic hydroxyl groups is 1. The lowest BCUT2D eigenvalue weighted by molar-refractivity contribution is 0.0746. The summed E-state index contributed by atoms with van der Waals surface area (Å²) in [7, 11) is 0. The fourth-order valence-electron chi connectivity index (χ4n) is 2.31. The third-order valence-corrected chi connectivity index (χ3v) is 3.42. The van der Waals surface area contributed by atoms with Gasteiger partial charge >= 0.3 is 0 Å². The maximum absolute atomic E-state index is 12.1. The Kier molecular flexibility index (Phi) is 3.75. The first-order valence-electron chi connectivity index (χ1n) is 6.86. The molecule has 3 rings (SSSR count). The lowest BCUT2D eigenvalue weighted by Crippen LogP contribution is -2.23. The van der Waals surface area contributed by atoms with Gasteiger partial charge in [0.2, 0.25) is 0 Å². The van der Waals surface area contributed by atoms with Crippen molar-refractivity contribution in [2.24, 2.45) is 0 Å². The van der Waals surface area contributed by atoms with Crippen LogP contribution in [-0.4, -0.2) is 22.0 Å². The molecule has 1 aromatic heterocycles. The summed E-state index contributed by atoms with van der Waals surface area (Å²) in [6.07, 6.45) is -0.848. The van der Waals surface area contributed by atoms with Crippen molar-refractivity contribution in [3.05, 3.63) is 78.0 Å². The van der Waals surface area contributed by atoms with Crippen molar-refractivity contribution in [1.82, 2.24) is 4.98 Å². The number of carbonyl (C=O) groups is 1. The van der Waals surface area contributed by atoms with Gasteiger partial charge in [0.15, 0.2) is 5.78 Å². The molecule has 3 nitrogen and oxygen atoms in total. The van der Waals surface area contributed by atoms with Crippen LogP contribution in [0.5, 0.6) is 0 Å². The molecule has 0 aliphatic rings. The molecule has 21 heavy (non-hydrogen) atoms. The number of para-hydroxylation sites is 1. The van der Waals surface area contributed by atoms with Gasteiger partial charge in [-0.15, -0.1) is 0 Å². The summed E-state index contributed by atoms with van der Waals surface area (Å²) in [5, 5.41) is 11.2. The molecule has 0 saturated carbocycles. The van der Waals surface area contributed by atoms with Gasteiger partial charge in [-0.3, -0.25) is 9.78 Å². The van der Waals surface area contributed by atoms with Crippen LogP contribution < -0.4 is 0 Å². The molecule has 0 unspecified atom stereocenters. The monoisotopic (exact) mass is 277 g/mol. The number of hydrogen-bond donors (Lipinski definition) is 1. The van der Waals surface area contributed by atoms with E-state index in [0.29, 0.717) is 11.3 Å². The molecule has 0 amide bonds. The highest BCUT2D eigenvalue weighted by molar-refractivity contribution is 5.99. The molecule has 3 aromatic rings. The number of aromatic nitrogens is 1. The minimum atomic E-state index is -1.07. The van der Waals surface area contributed by atoms with Crippen molar-refractivity contribution < 1.29 is 9.90 Å². The molecule has 0 aliphatic carbocycles. The zero-order valence-electron chi connectivity index (χ0n) is 11.4. The van der Waals surface area contributed by atoms with Crippen LogP contribution in [0.3, 0.4) is 0 Å². The smallest absolute Gasteiger partial charge is 0.191 e. The number of Topliss-reactive ketones (excluding diaryl/α,β-unsaturated/α-hetero) is 1. The van der Waals surface area contributed by atoms with E-state index in [9.17, 15) is 9.90 Å². The molecule has 0 saturated heterocycles. The molecular weight excluding hydrogens is 262 g/mol. The van der Waals surface area contributed by atoms with E-state index < -0.39 is 6.10 Å². The van der Waals surface area contributed by atoms with Gasteiger partial charge in [-0.1, -0.05) is 54.6 Å². The first kappa shape index (κ1) is 13.5. The van der Waals surface area contributed by atoms with Gasteiger partial charge in [0, 0.05) is 23.1 Å². The summed E-state index contributed by atoms with van der Waals surface area (Å²) in [5.74, 6) is -0.273. The summed E-state index contributed by atoms with van der Waals surface area (Å²) in [4.78, 5) is 16.6. The highest BCUT2D eigenvalue weighted by Gasteiger charge is 2.18. The number of rotatable bonds is 4. The highest BCUT2D eigenvalue weighted by atomic mass is 16.3. The van der Waals surface area contributed by atoms with Crippen LogP contribution in [0, 0.1) is 0 Å². The van der Waals surface area contributed by atoms with Crippen LogP contribution in [0.4, 0.5) is 0 Å². The lowest BCUT2D eigenvalue weighted by atomic mass is 10.0. The predicted molar refractivity (Wildman–Crippen MR) is 82.2 cm³/mol. The maximum Gasteiger partial charge on any atom is 0.191 e. The minimum absolute atomic E-state index is 0.221. The summed E-state index contributed by atoms with van der Waals surface area (Å²) in [6, 6.07) is 20.4. The van der Waals surface area contributed by atoms with Gasteiger partial charge in [-0.05, 0) is 12.1 Å². The number of aliphatic hydroxyl groups excluding tert-OH is 1. The van der Waals surface area contributed by atoms with Gasteiger partial charge < -0.3 is 5.11 Å². The summed E-state index contributed by atoms with van der Waals surface area (Å²) in [5.41, 5.74) is 2.10. The molecule has 0 bridgehead atoms. The molecule has 0 fully saturated rings. The average molecular weight is 277 g/mol. The number of carbonyl (C=O) groups excluding carboxylic acids is 1. The van der Waals surface area contributed by atoms with E-state index in [1.54, 1.807) is 24.3 Å². The molecule has 0 spiro atoms. The molecule has 0 aliphatic heterocycles. The Morgan fingerprint density at radius 3 is 2.48 bits per heavy atom. The number of pyridine rings is 1. The van der Waals surface area contributed by atoms with E-state index in [2.05, 4.69) is 4.98 Å². The average Bonchev–Trinajstić information content (AvgIpc) is 2.55. The number of fused-ring (bicyclic) bond motifs is 1. The number of hydrogen-bond acceptors (Lipinski definition) is 3. The third-order valence-electron chi connectivity index (χ3n) is 3.42. The zero-order valence-corrected chi connectivity index (χ0v) is 11.4. The second-order valence-electron chi connectivity index (χ2n) is 4.95. The van der Waals surface area contributed by atoms with Gasteiger partial charge in [0.05, 0.1) is 5.52 Å². The Morgan fingerprint density at radius 2 is 1.67 bits per heavy atom. The lowest BCUT2D eigenvalue weighted by Gasteiger charge is -2.10. The molecule has 0 radical (unpaired) electrons. The molecular formula is C18H15NO2. The van der Waals surface area contributed by atoms with Crippen molar-refractivity contribution in [2.45, 2.75) is 12.5 Å². The first-order chi connectivity index (χ1) is 10.2. The van der Waals surface area contributed by atoms with Gasteiger partial charge in [-0.25, -0.2) is 0 Å². The highest BCUT2D eigenvalue weighted by Crippen LogP contribution is 2.14. The van der Waals surface area contributed by atoms with Crippen LogP contribution >= 0.6 is 0 Å². The Bertz CT molecular complexity index is 768. The molecule has 1 N–H and O–H groups in total. The van der Waals surface area contributed by atoms with Crippen molar-refractivity contribution in [3.8, 4) is 0 Å². The predicted octanol–water partition coefficient (Wildman–Crippen LogP) is 3.02. The van der Waals surface area contributed by atoms with Crippen molar-refractivity contribution in [1.29, 1.82) is 0 Å². The standard InChI is InChI=1S/C18H15NO2/c20-17(18(21)14-7-2-1-3-8-14)12-15-11-10-13-6-4-5-9-16(13)19-15/h1-11,17,20H,12H2/t17-/m0/s1. The number of ketones is 1. The second kappa shape index (κ2) is 5.85. The molecule has 1 atom stereocenters. The van der Waals surface area contributed by atoms with Crippen LogP contribution in [0.1, 0.15) is 16.1 Å². The Labute approximate surface area is 122 Å². The number of benzene rings is 2. The Balaban J connectivity index is 1.80. The van der Waals surface area contributed by atoms with Crippen LogP contribution in [-0.2, 0) is 6.42 Å². The SMILES string of the molecule is O=C(c1ccccc1)[C@@H](O)Cc1ccc2ccccc2n1. The van der Waals surface area contributed by atoms with E-state index in [0.717, 1.165) is 10.9 Å². The topological polar surface area (TPSA) is 50.2 Å². The summed E-state index contributed by atoms with van der Waals surface area (Å²) in [6.45, 7) is 0. The quantitative estimate of drug-likeness (QED) is 0.746. The number of nitrogens with zero attached hydrogens (tertiary/aromatic N) is 1. The zero-order chi connectivity index (χ0) is 14.7. The fraction of sp³-hybridized carbons (Fsp3) is 0.111. The third kappa shape index (κ3) is 2.98. The van der Waals surface area contributed by atoms with Crippen LogP contribution in [0.25, 0.3) is 10.9 Å². The molecule has 104 valence electrons. The minimum Gasteiger partial charge on any atom is -0.385 e.